The second-order valence-corrected chi connectivity index (χ2v) is 8.79. The van der Waals surface area contributed by atoms with Gasteiger partial charge in [0.15, 0.2) is 0 Å². The van der Waals surface area contributed by atoms with Crippen molar-refractivity contribution in [3.63, 3.8) is 0 Å². The molecule has 1 aliphatic heterocycles. The molecule has 7 heteroatoms. The number of rotatable bonds is 5. The van der Waals surface area contributed by atoms with Crippen LogP contribution in [0.25, 0.3) is 22.3 Å². The van der Waals surface area contributed by atoms with E-state index in [1.165, 1.54) is 0 Å². The zero-order chi connectivity index (χ0) is 22.9. The molecule has 1 aliphatic carbocycles. The minimum absolute atomic E-state index is 0.263. The number of hydrogen-bond donors (Lipinski definition) is 2. The molecule has 0 spiro atoms. The predicted molar refractivity (Wildman–Crippen MR) is 129 cm³/mol. The maximum atomic E-state index is 14.7. The highest BCUT2D eigenvalue weighted by molar-refractivity contribution is 5.96. The number of nitrogens with two attached hydrogens (primary N) is 1. The van der Waals surface area contributed by atoms with Crippen LogP contribution < -0.4 is 16.0 Å². The first-order valence-electron chi connectivity index (χ1n) is 11.5. The van der Waals surface area contributed by atoms with E-state index in [4.69, 9.17) is 10.7 Å². The zero-order valence-electron chi connectivity index (χ0n) is 18.7. The largest absolute Gasteiger partial charge is 0.385 e. The number of hydrogen-bond acceptors (Lipinski definition) is 6. The first-order chi connectivity index (χ1) is 16.1. The first-order valence-corrected chi connectivity index (χ1v) is 11.5. The molecule has 168 valence electrons. The molecule has 1 fully saturated rings. The van der Waals surface area contributed by atoms with E-state index >= 15 is 0 Å². The molecule has 1 unspecified atom stereocenters. The van der Waals surface area contributed by atoms with Crippen LogP contribution in [0.3, 0.4) is 0 Å². The summed E-state index contributed by atoms with van der Waals surface area (Å²) in [6.45, 7) is 5.11. The number of piperidine rings is 1. The third kappa shape index (κ3) is 3.81. The van der Waals surface area contributed by atoms with Gasteiger partial charge in [0.25, 0.3) is 0 Å². The molecule has 2 aromatic heterocycles. The molecule has 6 nitrogen and oxygen atoms in total. The number of pyridine rings is 2. The van der Waals surface area contributed by atoms with Crippen molar-refractivity contribution in [2.75, 3.05) is 36.4 Å². The van der Waals surface area contributed by atoms with E-state index < -0.39 is 0 Å². The van der Waals surface area contributed by atoms with Crippen LogP contribution in [0.4, 0.5) is 15.8 Å². The Morgan fingerprint density at radius 1 is 1.24 bits per heavy atom. The Kier molecular flexibility index (Phi) is 5.69. The Balaban J connectivity index is 1.75. The Labute approximate surface area is 193 Å². The van der Waals surface area contributed by atoms with Crippen LogP contribution in [0.2, 0.25) is 0 Å². The molecular formula is C26H27FN6. The second-order valence-electron chi connectivity index (χ2n) is 8.79. The van der Waals surface area contributed by atoms with Gasteiger partial charge in [-0.2, -0.15) is 5.26 Å². The van der Waals surface area contributed by atoms with Gasteiger partial charge < -0.3 is 16.0 Å². The van der Waals surface area contributed by atoms with E-state index in [9.17, 15) is 9.65 Å². The van der Waals surface area contributed by atoms with Gasteiger partial charge in [-0.25, -0.2) is 4.39 Å². The fourth-order valence-corrected chi connectivity index (χ4v) is 5.17. The lowest BCUT2D eigenvalue weighted by molar-refractivity contribution is 0.424. The van der Waals surface area contributed by atoms with Crippen LogP contribution in [0, 0.1) is 23.1 Å². The average Bonchev–Trinajstić information content (AvgIpc) is 3.22. The molecular weight excluding hydrogens is 415 g/mol. The van der Waals surface area contributed by atoms with Gasteiger partial charge in [-0.05, 0) is 61.6 Å². The molecule has 1 aromatic carbocycles. The van der Waals surface area contributed by atoms with Crippen molar-refractivity contribution in [3.8, 4) is 28.3 Å². The highest BCUT2D eigenvalue weighted by Gasteiger charge is 2.32. The highest BCUT2D eigenvalue weighted by Crippen LogP contribution is 2.49. The summed E-state index contributed by atoms with van der Waals surface area (Å²) < 4.78 is 14.7. The number of aromatic nitrogens is 2. The molecule has 0 amide bonds. The number of nitrogens with zero attached hydrogens (tertiary/aromatic N) is 4. The van der Waals surface area contributed by atoms with Gasteiger partial charge >= 0.3 is 0 Å². The third-order valence-corrected chi connectivity index (χ3v) is 6.67. The minimum Gasteiger partial charge on any atom is -0.385 e. The van der Waals surface area contributed by atoms with E-state index in [0.717, 1.165) is 70.8 Å². The standard InChI is InChI=1S/C26H27FN6/c1-2-31-23-8-19(27)7-21-20(23)9-24-25(21)26(33-5-3-4-16(10-28)15-33)22(14-32-24)18-6-17(11-29)12-30-13-18/h6-8,12-14,16,31H,2-5,9-10,15,28H2,1H3. The van der Waals surface area contributed by atoms with Crippen molar-refractivity contribution in [2.45, 2.75) is 26.2 Å². The minimum atomic E-state index is -0.263. The molecule has 5 rings (SSSR count). The summed E-state index contributed by atoms with van der Waals surface area (Å²) in [6, 6.07) is 7.22. The molecule has 3 aromatic rings. The third-order valence-electron chi connectivity index (χ3n) is 6.67. The van der Waals surface area contributed by atoms with Gasteiger partial charge in [-0.15, -0.1) is 0 Å². The molecule has 0 radical (unpaired) electrons. The van der Waals surface area contributed by atoms with Crippen LogP contribution in [-0.4, -0.2) is 36.1 Å². The quantitative estimate of drug-likeness (QED) is 0.478. The summed E-state index contributed by atoms with van der Waals surface area (Å²) in [5.74, 6) is 0.144. The van der Waals surface area contributed by atoms with Crippen LogP contribution in [0.1, 0.15) is 36.6 Å². The monoisotopic (exact) mass is 442 g/mol. The van der Waals surface area contributed by atoms with Gasteiger partial charge in [-0.1, -0.05) is 0 Å². The first kappa shape index (κ1) is 21.4. The van der Waals surface area contributed by atoms with Crippen molar-refractivity contribution < 1.29 is 4.39 Å². The topological polar surface area (TPSA) is 90.9 Å². The molecule has 3 heterocycles. The predicted octanol–water partition coefficient (Wildman–Crippen LogP) is 4.33. The van der Waals surface area contributed by atoms with Crippen molar-refractivity contribution in [2.24, 2.45) is 11.7 Å². The lowest BCUT2D eigenvalue weighted by Crippen LogP contribution is -2.39. The molecule has 0 saturated carbocycles. The van der Waals surface area contributed by atoms with Crippen LogP contribution in [0.15, 0.2) is 36.8 Å². The molecule has 1 saturated heterocycles. The Hall–Kier alpha value is -3.50. The van der Waals surface area contributed by atoms with E-state index in [1.54, 1.807) is 24.5 Å². The van der Waals surface area contributed by atoms with Gasteiger partial charge in [-0.3, -0.25) is 9.97 Å². The maximum absolute atomic E-state index is 14.7. The van der Waals surface area contributed by atoms with Crippen LogP contribution >= 0.6 is 0 Å². The number of anilines is 2. The smallest absolute Gasteiger partial charge is 0.125 e. The van der Waals surface area contributed by atoms with Gasteiger partial charge in [0.05, 0.1) is 16.9 Å². The Morgan fingerprint density at radius 2 is 2.12 bits per heavy atom. The van der Waals surface area contributed by atoms with E-state index in [2.05, 4.69) is 21.3 Å². The summed E-state index contributed by atoms with van der Waals surface area (Å²) in [5.41, 5.74) is 14.1. The summed E-state index contributed by atoms with van der Waals surface area (Å²) in [5, 5.41) is 12.7. The van der Waals surface area contributed by atoms with E-state index in [-0.39, 0.29) is 5.82 Å². The van der Waals surface area contributed by atoms with Gasteiger partial charge in [0.2, 0.25) is 0 Å². The van der Waals surface area contributed by atoms with E-state index in [0.29, 0.717) is 31.0 Å². The van der Waals surface area contributed by atoms with Crippen LogP contribution in [0.5, 0.6) is 0 Å². The number of nitriles is 1. The normalized spacial score (nSPS) is 16.8. The number of nitrogens with one attached hydrogen (secondary N) is 1. The summed E-state index contributed by atoms with van der Waals surface area (Å²) in [7, 11) is 0. The lowest BCUT2D eigenvalue weighted by atomic mass is 9.93. The zero-order valence-corrected chi connectivity index (χ0v) is 18.7. The molecule has 0 bridgehead atoms. The van der Waals surface area contributed by atoms with Crippen molar-refractivity contribution in [1.29, 1.82) is 5.26 Å². The molecule has 2 aliphatic rings. The van der Waals surface area contributed by atoms with E-state index in [1.807, 2.05) is 19.2 Å². The Morgan fingerprint density at radius 3 is 2.91 bits per heavy atom. The number of benzene rings is 1. The second kappa shape index (κ2) is 8.80. The fourth-order valence-electron chi connectivity index (χ4n) is 5.17. The van der Waals surface area contributed by atoms with Gasteiger partial charge in [0, 0.05) is 67.0 Å². The van der Waals surface area contributed by atoms with Crippen molar-refractivity contribution in [3.05, 3.63) is 59.4 Å². The molecule has 3 N–H and O–H groups in total. The number of fused-ring (bicyclic) bond motifs is 3. The lowest BCUT2D eigenvalue weighted by Gasteiger charge is -2.36. The summed E-state index contributed by atoms with van der Waals surface area (Å²) >= 11 is 0. The van der Waals surface area contributed by atoms with Crippen molar-refractivity contribution in [1.82, 2.24) is 9.97 Å². The molecule has 1 atom stereocenters. The Bertz CT molecular complexity index is 1250. The number of halogens is 1. The SMILES string of the molecule is CCNc1cc(F)cc2c1Cc1ncc(-c3cncc(C#N)c3)c(N3CCCC(CN)C3)c1-2. The summed E-state index contributed by atoms with van der Waals surface area (Å²) in [6.07, 6.45) is 8.02. The van der Waals surface area contributed by atoms with Crippen molar-refractivity contribution >= 4 is 11.4 Å². The maximum Gasteiger partial charge on any atom is 0.125 e. The van der Waals surface area contributed by atoms with Crippen LogP contribution in [-0.2, 0) is 6.42 Å². The highest BCUT2D eigenvalue weighted by atomic mass is 19.1. The average molecular weight is 443 g/mol. The van der Waals surface area contributed by atoms with Gasteiger partial charge in [0.1, 0.15) is 11.9 Å². The fraction of sp³-hybridized carbons (Fsp3) is 0.346. The summed E-state index contributed by atoms with van der Waals surface area (Å²) in [4.78, 5) is 11.5. The molecule has 33 heavy (non-hydrogen) atoms.